The molecule has 0 atom stereocenters. The lowest BCUT2D eigenvalue weighted by molar-refractivity contribution is 0.104. The minimum atomic E-state index is -3.86. The van der Waals surface area contributed by atoms with E-state index in [0.29, 0.717) is 12.4 Å². The Morgan fingerprint density at radius 1 is 0.920 bits per heavy atom. The van der Waals surface area contributed by atoms with Crippen LogP contribution in [0.3, 0.4) is 0 Å². The summed E-state index contributed by atoms with van der Waals surface area (Å²) in [6.45, 7) is 10.3. The summed E-state index contributed by atoms with van der Waals surface area (Å²) in [6.07, 6.45) is 0. The first-order valence-corrected chi connectivity index (χ1v) is 14.9. The summed E-state index contributed by atoms with van der Waals surface area (Å²) in [7, 11) is -7.33. The number of rotatable bonds is 12. The largest absolute Gasteiger partial charge is 0.493 e. The van der Waals surface area contributed by atoms with Crippen molar-refractivity contribution in [1.82, 2.24) is 0 Å². The van der Waals surface area contributed by atoms with E-state index in [1.807, 2.05) is 34.6 Å². The molecule has 5 nitrogen and oxygen atoms in total. The molecule has 0 amide bonds. The standard InChI is InChI=1S/C17H31O5PSi2/c1-6-20-16-14-12-11-13-15(16)17(18)23(19,21-24(7-2)8-3)22-25(9-4)10-5/h11-14,24-25H,6-10H2,1-5H3. The molecule has 0 aliphatic rings. The molecule has 0 radical (unpaired) electrons. The van der Waals surface area contributed by atoms with Gasteiger partial charge in [-0.3, -0.25) is 9.36 Å². The Labute approximate surface area is 155 Å². The van der Waals surface area contributed by atoms with Crippen LogP contribution in [0.1, 0.15) is 45.0 Å². The lowest BCUT2D eigenvalue weighted by Gasteiger charge is -2.26. The predicted molar refractivity (Wildman–Crippen MR) is 108 cm³/mol. The molecule has 0 saturated carbocycles. The van der Waals surface area contributed by atoms with Crippen LogP contribution in [-0.4, -0.2) is 30.2 Å². The molecule has 0 spiro atoms. The first-order valence-electron chi connectivity index (χ1n) is 9.19. The molecule has 0 fully saturated rings. The van der Waals surface area contributed by atoms with Gasteiger partial charge in [0.25, 0.3) is 5.52 Å². The van der Waals surface area contributed by atoms with Crippen molar-refractivity contribution >= 4 is 31.2 Å². The number of carbonyl (C=O) groups excluding carboxylic acids is 1. The van der Waals surface area contributed by atoms with Gasteiger partial charge < -0.3 is 13.2 Å². The van der Waals surface area contributed by atoms with E-state index in [0.717, 1.165) is 24.2 Å². The zero-order valence-electron chi connectivity index (χ0n) is 16.0. The van der Waals surface area contributed by atoms with Gasteiger partial charge in [0.1, 0.15) is 5.75 Å². The average Bonchev–Trinajstić information content (AvgIpc) is 2.64. The Bertz CT molecular complexity index is 570. The summed E-state index contributed by atoms with van der Waals surface area (Å²) >= 11 is 0. The molecule has 8 heteroatoms. The maximum atomic E-state index is 13.5. The molecule has 1 aromatic rings. The topological polar surface area (TPSA) is 61.8 Å². The maximum Gasteiger partial charge on any atom is 0.381 e. The first-order chi connectivity index (χ1) is 11.9. The van der Waals surface area contributed by atoms with E-state index in [1.165, 1.54) is 0 Å². The second-order valence-electron chi connectivity index (χ2n) is 5.82. The van der Waals surface area contributed by atoms with E-state index in [9.17, 15) is 9.36 Å². The Kier molecular flexibility index (Phi) is 9.89. The zero-order chi connectivity index (χ0) is 18.9. The van der Waals surface area contributed by atoms with Gasteiger partial charge in [0.2, 0.25) is 0 Å². The molecular formula is C17H31O5PSi2. The minimum Gasteiger partial charge on any atom is -0.493 e. The van der Waals surface area contributed by atoms with Crippen LogP contribution in [0, 0.1) is 0 Å². The molecule has 25 heavy (non-hydrogen) atoms. The Balaban J connectivity index is 3.26. The second kappa shape index (κ2) is 11.1. The van der Waals surface area contributed by atoms with Crippen molar-refractivity contribution in [1.29, 1.82) is 0 Å². The summed E-state index contributed by atoms with van der Waals surface area (Å²) in [6, 6.07) is 10.1. The maximum absolute atomic E-state index is 13.5. The van der Waals surface area contributed by atoms with E-state index < -0.39 is 31.2 Å². The molecule has 1 rings (SSSR count). The SMILES string of the molecule is CCOc1ccccc1C(=O)P(=O)(O[SiH](CC)CC)O[SiH](CC)CC. The number of hydrogen-bond donors (Lipinski definition) is 0. The molecule has 0 unspecified atom stereocenters. The van der Waals surface area contributed by atoms with E-state index in [-0.39, 0.29) is 5.56 Å². The quantitative estimate of drug-likeness (QED) is 0.364. The molecule has 0 N–H and O–H groups in total. The van der Waals surface area contributed by atoms with Crippen LogP contribution < -0.4 is 4.74 Å². The Hall–Kier alpha value is -0.726. The Morgan fingerprint density at radius 3 is 1.84 bits per heavy atom. The van der Waals surface area contributed by atoms with Crippen LogP contribution >= 0.6 is 7.60 Å². The van der Waals surface area contributed by atoms with Gasteiger partial charge in [0, 0.05) is 0 Å². The monoisotopic (exact) mass is 402 g/mol. The fraction of sp³-hybridized carbons (Fsp3) is 0.588. The van der Waals surface area contributed by atoms with Gasteiger partial charge in [-0.05, 0) is 43.2 Å². The van der Waals surface area contributed by atoms with Crippen LogP contribution in [0.5, 0.6) is 5.75 Å². The zero-order valence-corrected chi connectivity index (χ0v) is 19.2. The lowest BCUT2D eigenvalue weighted by Crippen LogP contribution is -2.23. The van der Waals surface area contributed by atoms with Crippen molar-refractivity contribution < 1.29 is 22.5 Å². The number of ether oxygens (including phenoxy) is 1. The van der Waals surface area contributed by atoms with Gasteiger partial charge in [-0.15, -0.1) is 0 Å². The molecule has 0 aromatic heterocycles. The smallest absolute Gasteiger partial charge is 0.381 e. The van der Waals surface area contributed by atoms with Crippen molar-refractivity contribution in [3.8, 4) is 5.75 Å². The van der Waals surface area contributed by atoms with Crippen molar-refractivity contribution in [2.24, 2.45) is 0 Å². The summed E-state index contributed by atoms with van der Waals surface area (Å²) in [5, 5.41) is 0. The number of para-hydroxylation sites is 1. The molecule has 1 aromatic carbocycles. The van der Waals surface area contributed by atoms with Crippen molar-refractivity contribution in [3.63, 3.8) is 0 Å². The van der Waals surface area contributed by atoms with Crippen LogP contribution in [-0.2, 0) is 13.0 Å². The van der Waals surface area contributed by atoms with Gasteiger partial charge in [-0.2, -0.15) is 0 Å². The highest BCUT2D eigenvalue weighted by molar-refractivity contribution is 7.74. The van der Waals surface area contributed by atoms with E-state index >= 15 is 0 Å². The van der Waals surface area contributed by atoms with Gasteiger partial charge in [0.05, 0.1) is 12.2 Å². The number of hydrogen-bond acceptors (Lipinski definition) is 5. The average molecular weight is 403 g/mol. The number of carbonyl (C=O) groups is 1. The predicted octanol–water partition coefficient (Wildman–Crippen LogP) is 4.98. The minimum absolute atomic E-state index is 0.285. The first kappa shape index (κ1) is 22.3. The molecule has 0 heterocycles. The van der Waals surface area contributed by atoms with E-state index in [4.69, 9.17) is 13.2 Å². The fourth-order valence-electron chi connectivity index (χ4n) is 2.46. The summed E-state index contributed by atoms with van der Waals surface area (Å²) in [4.78, 5) is 13.1. The van der Waals surface area contributed by atoms with E-state index in [2.05, 4.69) is 0 Å². The summed E-state index contributed by atoms with van der Waals surface area (Å²) in [5.41, 5.74) is -0.275. The van der Waals surface area contributed by atoms with Gasteiger partial charge in [0.15, 0.2) is 18.1 Å². The fourth-order valence-corrected chi connectivity index (χ4v) is 11.0. The van der Waals surface area contributed by atoms with E-state index in [1.54, 1.807) is 24.3 Å². The molecule has 0 bridgehead atoms. The second-order valence-corrected chi connectivity index (χ2v) is 14.7. The van der Waals surface area contributed by atoms with Crippen LogP contribution in [0.4, 0.5) is 0 Å². The Morgan fingerprint density at radius 2 is 1.40 bits per heavy atom. The summed E-state index contributed by atoms with van der Waals surface area (Å²) < 4.78 is 30.9. The molecule has 0 saturated heterocycles. The lowest BCUT2D eigenvalue weighted by atomic mass is 10.2. The van der Waals surface area contributed by atoms with Crippen LogP contribution in [0.15, 0.2) is 24.3 Å². The molecule has 0 aliphatic heterocycles. The summed E-state index contributed by atoms with van der Waals surface area (Å²) in [5.74, 6) is 0.430. The van der Waals surface area contributed by atoms with Crippen molar-refractivity contribution in [2.45, 2.75) is 58.8 Å². The molecular weight excluding hydrogens is 371 g/mol. The van der Waals surface area contributed by atoms with Crippen molar-refractivity contribution in [2.75, 3.05) is 6.61 Å². The highest BCUT2D eigenvalue weighted by Crippen LogP contribution is 2.54. The molecule has 142 valence electrons. The van der Waals surface area contributed by atoms with Gasteiger partial charge in [-0.1, -0.05) is 39.8 Å². The highest BCUT2D eigenvalue weighted by atomic mass is 31.2. The third-order valence-electron chi connectivity index (χ3n) is 4.06. The normalized spacial score (nSPS) is 12.0. The van der Waals surface area contributed by atoms with Gasteiger partial charge >= 0.3 is 7.60 Å². The third kappa shape index (κ3) is 6.18. The highest BCUT2D eigenvalue weighted by Gasteiger charge is 2.40. The van der Waals surface area contributed by atoms with Crippen LogP contribution in [0.2, 0.25) is 24.2 Å². The third-order valence-corrected chi connectivity index (χ3v) is 13.0. The van der Waals surface area contributed by atoms with Crippen LogP contribution in [0.25, 0.3) is 0 Å². The van der Waals surface area contributed by atoms with Gasteiger partial charge in [-0.25, -0.2) is 0 Å². The van der Waals surface area contributed by atoms with Crippen molar-refractivity contribution in [3.05, 3.63) is 29.8 Å². The molecule has 0 aliphatic carbocycles. The number of benzene rings is 1.